The number of carboxylic acids is 1. The molecule has 0 aliphatic carbocycles. The largest absolute Gasteiger partial charge is 0.497 e. The minimum absolute atomic E-state index is 0.0837. The molecule has 0 aliphatic heterocycles. The summed E-state index contributed by atoms with van der Waals surface area (Å²) in [6.07, 6.45) is 0. The Morgan fingerprint density at radius 1 is 1.59 bits per heavy atom. The Labute approximate surface area is 102 Å². The topological polar surface area (TPSA) is 75.2 Å². The van der Waals surface area contributed by atoms with Crippen LogP contribution in [0.4, 0.5) is 0 Å². The lowest BCUT2D eigenvalue weighted by Crippen LogP contribution is -1.98. The van der Waals surface area contributed by atoms with Crippen LogP contribution in [0.1, 0.15) is 5.82 Å². The summed E-state index contributed by atoms with van der Waals surface area (Å²) in [5.74, 6) is 1.38. The van der Waals surface area contributed by atoms with E-state index < -0.39 is 5.97 Å². The van der Waals surface area contributed by atoms with Gasteiger partial charge in [0, 0.05) is 6.07 Å². The number of aromatic amines is 1. The fourth-order valence-electron chi connectivity index (χ4n) is 1.47. The molecule has 6 heteroatoms. The lowest BCUT2D eigenvalue weighted by molar-refractivity contribution is -0.133. The number of methoxy groups -OCH3 is 1. The van der Waals surface area contributed by atoms with Crippen LogP contribution in [0.2, 0.25) is 0 Å². The van der Waals surface area contributed by atoms with Gasteiger partial charge in [-0.1, -0.05) is 0 Å². The second-order valence-corrected chi connectivity index (χ2v) is 4.44. The third-order valence-electron chi connectivity index (χ3n) is 2.20. The monoisotopic (exact) mass is 252 g/mol. The van der Waals surface area contributed by atoms with Crippen LogP contribution in [0.5, 0.6) is 5.75 Å². The number of hydrogen-bond donors (Lipinski definition) is 2. The van der Waals surface area contributed by atoms with E-state index in [4.69, 9.17) is 9.84 Å². The zero-order valence-corrected chi connectivity index (χ0v) is 10.1. The Bertz CT molecular complexity index is 538. The number of carbonyl (C=O) groups is 1. The minimum Gasteiger partial charge on any atom is -0.497 e. The van der Waals surface area contributed by atoms with Gasteiger partial charge in [-0.2, -0.15) is 0 Å². The van der Waals surface area contributed by atoms with Gasteiger partial charge in [0.1, 0.15) is 11.6 Å². The molecule has 90 valence electrons. The number of fused-ring (bicyclic) bond motifs is 1. The maximum Gasteiger partial charge on any atom is 0.313 e. The van der Waals surface area contributed by atoms with Crippen molar-refractivity contribution in [2.24, 2.45) is 0 Å². The summed E-state index contributed by atoms with van der Waals surface area (Å²) in [5, 5.41) is 8.53. The molecule has 0 fully saturated rings. The van der Waals surface area contributed by atoms with Gasteiger partial charge < -0.3 is 14.8 Å². The molecule has 0 atom stereocenters. The summed E-state index contributed by atoms with van der Waals surface area (Å²) in [7, 11) is 1.61. The highest BCUT2D eigenvalue weighted by molar-refractivity contribution is 7.99. The predicted octanol–water partition coefficient (Wildman–Crippen LogP) is 1.89. The van der Waals surface area contributed by atoms with E-state index in [1.165, 1.54) is 11.8 Å². The maximum absolute atomic E-state index is 10.4. The lowest BCUT2D eigenvalue weighted by Gasteiger charge is -1.96. The van der Waals surface area contributed by atoms with Crippen LogP contribution in [0.25, 0.3) is 11.0 Å². The summed E-state index contributed by atoms with van der Waals surface area (Å²) in [6, 6.07) is 5.58. The fraction of sp³-hybridized carbons (Fsp3) is 0.273. The van der Waals surface area contributed by atoms with Gasteiger partial charge in [0.25, 0.3) is 0 Å². The molecule has 0 radical (unpaired) electrons. The zero-order valence-electron chi connectivity index (χ0n) is 9.27. The quantitative estimate of drug-likeness (QED) is 0.850. The normalized spacial score (nSPS) is 10.6. The standard InChI is InChI=1S/C11H12N2O3S/c1-16-7-2-3-8-9(4-7)13-10(12-8)5-17-6-11(14)15/h2-4H,5-6H2,1H3,(H,12,13)(H,14,15). The molecule has 0 unspecified atom stereocenters. The van der Waals surface area contributed by atoms with Crippen molar-refractivity contribution >= 4 is 28.8 Å². The van der Waals surface area contributed by atoms with Crippen LogP contribution in [0.3, 0.4) is 0 Å². The number of benzene rings is 1. The van der Waals surface area contributed by atoms with Gasteiger partial charge >= 0.3 is 5.97 Å². The molecule has 5 nitrogen and oxygen atoms in total. The first kappa shape index (κ1) is 11.8. The number of aromatic nitrogens is 2. The first-order valence-corrected chi connectivity index (χ1v) is 6.16. The molecule has 2 aromatic rings. The molecule has 1 aromatic heterocycles. The predicted molar refractivity (Wildman–Crippen MR) is 66.4 cm³/mol. The number of carboxylic acid groups (broad SMARTS) is 1. The Hall–Kier alpha value is -1.69. The zero-order chi connectivity index (χ0) is 12.3. The van der Waals surface area contributed by atoms with Crippen LogP contribution >= 0.6 is 11.8 Å². The van der Waals surface area contributed by atoms with E-state index in [0.717, 1.165) is 22.6 Å². The minimum atomic E-state index is -0.812. The SMILES string of the molecule is COc1ccc2nc(CSCC(=O)O)[nH]c2c1. The number of hydrogen-bond acceptors (Lipinski definition) is 4. The van der Waals surface area contributed by atoms with E-state index >= 15 is 0 Å². The van der Waals surface area contributed by atoms with E-state index in [0.29, 0.717) is 5.75 Å². The van der Waals surface area contributed by atoms with Gasteiger partial charge in [0.2, 0.25) is 0 Å². The summed E-state index contributed by atoms with van der Waals surface area (Å²) >= 11 is 1.32. The van der Waals surface area contributed by atoms with Crippen molar-refractivity contribution in [3.8, 4) is 5.75 Å². The highest BCUT2D eigenvalue weighted by atomic mass is 32.2. The summed E-state index contributed by atoms with van der Waals surface area (Å²) in [5.41, 5.74) is 1.76. The molecular weight excluding hydrogens is 240 g/mol. The second-order valence-electron chi connectivity index (χ2n) is 3.45. The van der Waals surface area contributed by atoms with E-state index in [1.54, 1.807) is 7.11 Å². The van der Waals surface area contributed by atoms with Gasteiger partial charge in [-0.25, -0.2) is 4.98 Å². The number of nitrogens with one attached hydrogen (secondary N) is 1. The van der Waals surface area contributed by atoms with Gasteiger partial charge in [0.15, 0.2) is 0 Å². The number of thioether (sulfide) groups is 1. The highest BCUT2D eigenvalue weighted by Gasteiger charge is 2.05. The van der Waals surface area contributed by atoms with Crippen LogP contribution in [-0.4, -0.2) is 33.9 Å². The third kappa shape index (κ3) is 2.91. The molecule has 0 bridgehead atoms. The molecule has 17 heavy (non-hydrogen) atoms. The summed E-state index contributed by atoms with van der Waals surface area (Å²) < 4.78 is 5.11. The summed E-state index contributed by atoms with van der Waals surface area (Å²) in [4.78, 5) is 17.9. The van der Waals surface area contributed by atoms with E-state index in [1.807, 2.05) is 18.2 Å². The average molecular weight is 252 g/mol. The van der Waals surface area contributed by atoms with Crippen LogP contribution in [-0.2, 0) is 10.5 Å². The molecule has 0 spiro atoms. The van der Waals surface area contributed by atoms with Gasteiger partial charge in [0.05, 0.1) is 29.6 Å². The van der Waals surface area contributed by atoms with Crippen LogP contribution in [0.15, 0.2) is 18.2 Å². The van der Waals surface area contributed by atoms with Crippen molar-refractivity contribution in [3.63, 3.8) is 0 Å². The Kier molecular flexibility index (Phi) is 3.53. The first-order chi connectivity index (χ1) is 8.19. The molecule has 0 saturated carbocycles. The number of rotatable bonds is 5. The third-order valence-corrected chi connectivity index (χ3v) is 3.13. The van der Waals surface area contributed by atoms with Crippen LogP contribution in [0, 0.1) is 0 Å². The van der Waals surface area contributed by atoms with E-state index in [2.05, 4.69) is 9.97 Å². The lowest BCUT2D eigenvalue weighted by atomic mass is 10.3. The van der Waals surface area contributed by atoms with Crippen molar-refractivity contribution in [2.45, 2.75) is 5.75 Å². The fourth-order valence-corrected chi connectivity index (χ4v) is 2.08. The van der Waals surface area contributed by atoms with Crippen molar-refractivity contribution in [2.75, 3.05) is 12.9 Å². The molecule has 0 aliphatic rings. The second kappa shape index (κ2) is 5.09. The highest BCUT2D eigenvalue weighted by Crippen LogP contribution is 2.20. The molecule has 1 heterocycles. The van der Waals surface area contributed by atoms with Crippen molar-refractivity contribution in [1.29, 1.82) is 0 Å². The molecule has 2 N–H and O–H groups in total. The molecular formula is C11H12N2O3S. The van der Waals surface area contributed by atoms with Gasteiger partial charge in [-0.15, -0.1) is 11.8 Å². The summed E-state index contributed by atoms with van der Waals surface area (Å²) in [6.45, 7) is 0. The molecule has 2 rings (SSSR count). The Morgan fingerprint density at radius 3 is 3.12 bits per heavy atom. The average Bonchev–Trinajstić information content (AvgIpc) is 2.69. The molecule has 0 saturated heterocycles. The van der Waals surface area contributed by atoms with Gasteiger partial charge in [-0.3, -0.25) is 4.79 Å². The maximum atomic E-state index is 10.4. The van der Waals surface area contributed by atoms with Gasteiger partial charge in [-0.05, 0) is 12.1 Å². The number of imidazole rings is 1. The number of ether oxygens (including phenoxy) is 1. The molecule has 0 amide bonds. The number of H-pyrrole nitrogens is 1. The van der Waals surface area contributed by atoms with Crippen molar-refractivity contribution in [3.05, 3.63) is 24.0 Å². The van der Waals surface area contributed by atoms with Crippen molar-refractivity contribution in [1.82, 2.24) is 9.97 Å². The number of nitrogens with zero attached hydrogens (tertiary/aromatic N) is 1. The van der Waals surface area contributed by atoms with Crippen molar-refractivity contribution < 1.29 is 14.6 Å². The number of aliphatic carboxylic acids is 1. The van der Waals surface area contributed by atoms with Crippen LogP contribution < -0.4 is 4.74 Å². The van der Waals surface area contributed by atoms with E-state index in [9.17, 15) is 4.79 Å². The first-order valence-electron chi connectivity index (χ1n) is 5.01. The molecule has 1 aromatic carbocycles. The Morgan fingerprint density at radius 2 is 2.41 bits per heavy atom. The van der Waals surface area contributed by atoms with E-state index in [-0.39, 0.29) is 5.75 Å². The smallest absolute Gasteiger partial charge is 0.313 e. The Balaban J connectivity index is 2.11.